The molecule has 0 amide bonds. The van der Waals surface area contributed by atoms with E-state index >= 15 is 0 Å². The molecule has 0 radical (unpaired) electrons. The minimum Gasteiger partial charge on any atom is -0.0776 e. The van der Waals surface area contributed by atoms with Gasteiger partial charge in [-0.15, -0.1) is 0 Å². The van der Waals surface area contributed by atoms with Crippen molar-refractivity contribution in [1.82, 2.24) is 0 Å². The first-order chi connectivity index (χ1) is 8.59. The molecule has 1 heteroatoms. The Morgan fingerprint density at radius 3 is 2.11 bits per heavy atom. The van der Waals surface area contributed by atoms with Crippen molar-refractivity contribution in [3.63, 3.8) is 0 Å². The van der Waals surface area contributed by atoms with Gasteiger partial charge in [-0.3, -0.25) is 0 Å². The number of hydrogen-bond donors (Lipinski definition) is 0. The van der Waals surface area contributed by atoms with Gasteiger partial charge in [0.05, 0.1) is 0 Å². The third-order valence-corrected chi connectivity index (χ3v) is 7.06. The first-order valence-electron chi connectivity index (χ1n) is 7.11. The van der Waals surface area contributed by atoms with Gasteiger partial charge in [0.15, 0.2) is 0 Å². The molecule has 0 fully saturated rings. The van der Waals surface area contributed by atoms with Crippen molar-refractivity contribution in [2.45, 2.75) is 45.4 Å². The summed E-state index contributed by atoms with van der Waals surface area (Å²) in [7, 11) is 0.0111. The average molecular weight is 260 g/mol. The van der Waals surface area contributed by atoms with Crippen molar-refractivity contribution >= 4 is 7.92 Å². The molecule has 0 spiro atoms. The van der Waals surface area contributed by atoms with Crippen LogP contribution in [0.2, 0.25) is 0 Å². The average Bonchev–Trinajstić information content (AvgIpc) is 2.91. The highest BCUT2D eigenvalue weighted by Crippen LogP contribution is 2.58. The molecule has 98 valence electrons. The first kappa shape index (κ1) is 13.8. The lowest BCUT2D eigenvalue weighted by molar-refractivity contribution is 0.627. The number of rotatable bonds is 5. The third kappa shape index (κ3) is 3.04. The highest BCUT2D eigenvalue weighted by Gasteiger charge is 2.28. The van der Waals surface area contributed by atoms with Crippen molar-refractivity contribution in [3.8, 4) is 0 Å². The Labute approximate surface area is 113 Å². The smallest absolute Gasteiger partial charge is 0.00342 e. The maximum Gasteiger partial charge on any atom is 0.00342 e. The van der Waals surface area contributed by atoms with Gasteiger partial charge >= 0.3 is 0 Å². The van der Waals surface area contributed by atoms with Crippen LogP contribution in [0.5, 0.6) is 0 Å². The standard InChI is InChI=1S/C17H25P/c1-13(2)18(14(3)4)17-11-7-10-16(17)12-15-8-5-6-9-15/h5-11,13-16H,12H2,1-4H3. The fourth-order valence-corrected chi connectivity index (χ4v) is 6.33. The van der Waals surface area contributed by atoms with Crippen LogP contribution in [0.3, 0.4) is 0 Å². The van der Waals surface area contributed by atoms with Crippen molar-refractivity contribution in [2.24, 2.45) is 11.8 Å². The predicted octanol–water partition coefficient (Wildman–Crippen LogP) is 5.49. The molecule has 1 unspecified atom stereocenters. The summed E-state index contributed by atoms with van der Waals surface area (Å²) in [6.45, 7) is 9.54. The van der Waals surface area contributed by atoms with Gasteiger partial charge in [-0.2, -0.15) is 0 Å². The highest BCUT2D eigenvalue weighted by molar-refractivity contribution is 7.63. The van der Waals surface area contributed by atoms with E-state index in [1.807, 2.05) is 0 Å². The largest absolute Gasteiger partial charge is 0.0776 e. The monoisotopic (exact) mass is 260 g/mol. The van der Waals surface area contributed by atoms with Crippen LogP contribution in [-0.4, -0.2) is 11.3 Å². The molecule has 0 aromatic carbocycles. The fraction of sp³-hybridized carbons (Fsp3) is 0.529. The van der Waals surface area contributed by atoms with Gasteiger partial charge in [-0.05, 0) is 29.0 Å². The summed E-state index contributed by atoms with van der Waals surface area (Å²) in [6.07, 6.45) is 17.4. The SMILES string of the molecule is CC(C)P(C1=CC=CC1CC1C=CC=C1)C(C)C. The summed E-state index contributed by atoms with van der Waals surface area (Å²) in [6, 6.07) is 0. The second kappa shape index (κ2) is 6.02. The van der Waals surface area contributed by atoms with E-state index in [0.717, 1.165) is 11.3 Å². The number of allylic oxidation sites excluding steroid dienone is 8. The minimum absolute atomic E-state index is 0.0111. The zero-order valence-corrected chi connectivity index (χ0v) is 12.9. The lowest BCUT2D eigenvalue weighted by Gasteiger charge is -2.31. The van der Waals surface area contributed by atoms with Gasteiger partial charge in [0.2, 0.25) is 0 Å². The Morgan fingerprint density at radius 2 is 1.56 bits per heavy atom. The van der Waals surface area contributed by atoms with E-state index < -0.39 is 0 Å². The molecule has 0 bridgehead atoms. The van der Waals surface area contributed by atoms with E-state index in [2.05, 4.69) is 70.2 Å². The topological polar surface area (TPSA) is 0 Å². The fourth-order valence-electron chi connectivity index (χ4n) is 3.11. The maximum absolute atomic E-state index is 2.41. The van der Waals surface area contributed by atoms with Crippen LogP contribution in [0.4, 0.5) is 0 Å². The van der Waals surface area contributed by atoms with Gasteiger partial charge in [-0.25, -0.2) is 0 Å². The summed E-state index contributed by atoms with van der Waals surface area (Å²) < 4.78 is 0. The van der Waals surface area contributed by atoms with Gasteiger partial charge in [-0.1, -0.05) is 78.1 Å². The molecule has 0 saturated carbocycles. The lowest BCUT2D eigenvalue weighted by atomic mass is 9.97. The quantitative estimate of drug-likeness (QED) is 0.573. The molecular weight excluding hydrogens is 235 g/mol. The normalized spacial score (nSPS) is 23.1. The summed E-state index contributed by atoms with van der Waals surface area (Å²) in [5.41, 5.74) is 1.59. The molecule has 18 heavy (non-hydrogen) atoms. The number of hydrogen-bond acceptors (Lipinski definition) is 0. The van der Waals surface area contributed by atoms with E-state index in [1.54, 1.807) is 5.31 Å². The Hall–Kier alpha value is -0.610. The first-order valence-corrected chi connectivity index (χ1v) is 8.59. The second-order valence-corrected chi connectivity index (χ2v) is 9.24. The van der Waals surface area contributed by atoms with Crippen LogP contribution in [-0.2, 0) is 0 Å². The molecule has 0 aromatic heterocycles. The van der Waals surface area contributed by atoms with Crippen LogP contribution in [0.1, 0.15) is 34.1 Å². The Balaban J connectivity index is 2.07. The summed E-state index contributed by atoms with van der Waals surface area (Å²) in [4.78, 5) is 0. The maximum atomic E-state index is 2.41. The Morgan fingerprint density at radius 1 is 0.944 bits per heavy atom. The van der Waals surface area contributed by atoms with E-state index in [0.29, 0.717) is 11.8 Å². The zero-order chi connectivity index (χ0) is 13.1. The summed E-state index contributed by atoms with van der Waals surface area (Å²) in [5.74, 6) is 1.33. The molecular formula is C17H25P. The minimum atomic E-state index is 0.0111. The summed E-state index contributed by atoms with van der Waals surface area (Å²) in [5, 5.41) is 1.73. The van der Waals surface area contributed by atoms with Gasteiger partial charge in [0, 0.05) is 5.92 Å². The molecule has 0 nitrogen and oxygen atoms in total. The van der Waals surface area contributed by atoms with E-state index in [1.165, 1.54) is 6.42 Å². The molecule has 0 heterocycles. The molecule has 2 rings (SSSR count). The van der Waals surface area contributed by atoms with Crippen molar-refractivity contribution in [2.75, 3.05) is 0 Å². The molecule has 0 aliphatic heterocycles. The van der Waals surface area contributed by atoms with Gasteiger partial charge < -0.3 is 0 Å². The Kier molecular flexibility index (Phi) is 4.62. The van der Waals surface area contributed by atoms with Crippen LogP contribution < -0.4 is 0 Å². The molecule has 0 aromatic rings. The van der Waals surface area contributed by atoms with E-state index in [-0.39, 0.29) is 7.92 Å². The molecule has 1 atom stereocenters. The molecule has 0 N–H and O–H groups in total. The van der Waals surface area contributed by atoms with Crippen molar-refractivity contribution in [1.29, 1.82) is 0 Å². The van der Waals surface area contributed by atoms with Crippen molar-refractivity contribution < 1.29 is 0 Å². The summed E-state index contributed by atoms with van der Waals surface area (Å²) >= 11 is 0. The molecule has 2 aliphatic carbocycles. The highest BCUT2D eigenvalue weighted by atomic mass is 31.1. The van der Waals surface area contributed by atoms with E-state index in [9.17, 15) is 0 Å². The molecule has 2 aliphatic rings. The Bertz CT molecular complexity index is 376. The van der Waals surface area contributed by atoms with E-state index in [4.69, 9.17) is 0 Å². The zero-order valence-electron chi connectivity index (χ0n) is 12.0. The van der Waals surface area contributed by atoms with Crippen molar-refractivity contribution in [3.05, 3.63) is 47.8 Å². The van der Waals surface area contributed by atoms with Gasteiger partial charge in [0.1, 0.15) is 0 Å². The van der Waals surface area contributed by atoms with Crippen LogP contribution in [0.25, 0.3) is 0 Å². The third-order valence-electron chi connectivity index (χ3n) is 3.75. The van der Waals surface area contributed by atoms with Gasteiger partial charge in [0.25, 0.3) is 0 Å². The second-order valence-electron chi connectivity index (χ2n) is 5.85. The van der Waals surface area contributed by atoms with Crippen LogP contribution in [0, 0.1) is 11.8 Å². The lowest BCUT2D eigenvalue weighted by Crippen LogP contribution is -2.11. The van der Waals surface area contributed by atoms with Crippen LogP contribution in [0.15, 0.2) is 47.8 Å². The molecule has 0 saturated heterocycles. The van der Waals surface area contributed by atoms with Crippen LogP contribution >= 0.6 is 7.92 Å². The predicted molar refractivity (Wildman–Crippen MR) is 84.3 cm³/mol.